The third-order valence-electron chi connectivity index (χ3n) is 5.65. The van der Waals surface area contributed by atoms with Crippen molar-refractivity contribution in [3.63, 3.8) is 0 Å². The van der Waals surface area contributed by atoms with Crippen molar-refractivity contribution >= 4 is 39.9 Å². The minimum absolute atomic E-state index is 0.203. The second kappa shape index (κ2) is 13.3. The van der Waals surface area contributed by atoms with Crippen molar-refractivity contribution < 1.29 is 9.84 Å². The first-order chi connectivity index (χ1) is 18.4. The predicted molar refractivity (Wildman–Crippen MR) is 153 cm³/mol. The van der Waals surface area contributed by atoms with Crippen LogP contribution in [0, 0.1) is 22.7 Å². The second-order valence-corrected chi connectivity index (χ2v) is 17.1. The van der Waals surface area contributed by atoms with Crippen LogP contribution in [0.1, 0.15) is 40.0 Å². The summed E-state index contributed by atoms with van der Waals surface area (Å²) in [6.07, 6.45) is 3.09. The van der Waals surface area contributed by atoms with Gasteiger partial charge in [0.05, 0.1) is 18.1 Å². The van der Waals surface area contributed by atoms with Gasteiger partial charge in [0.1, 0.15) is 39.9 Å². The van der Waals surface area contributed by atoms with Crippen molar-refractivity contribution in [2.75, 3.05) is 6.61 Å². The van der Waals surface area contributed by atoms with Gasteiger partial charge in [0.2, 0.25) is 0 Å². The number of aromatic nitrogens is 8. The van der Waals surface area contributed by atoms with E-state index in [9.17, 15) is 10.4 Å². The summed E-state index contributed by atoms with van der Waals surface area (Å²) >= 11 is 6.81. The number of nitrogens with zero attached hydrogens (tertiary/aromatic N) is 9. The highest BCUT2D eigenvalue weighted by Gasteiger charge is 2.21. The maximum Gasteiger partial charge on any atom is 0.162 e. The van der Waals surface area contributed by atoms with Gasteiger partial charge in [0, 0.05) is 58.1 Å². The molecule has 4 aromatic heterocycles. The third kappa shape index (κ3) is 8.20. The number of H-pyrrole nitrogens is 1. The topological polar surface area (TPSA) is 159 Å². The van der Waals surface area contributed by atoms with Gasteiger partial charge in [-0.25, -0.2) is 4.68 Å². The van der Waals surface area contributed by atoms with Gasteiger partial charge in [-0.1, -0.05) is 19.6 Å². The Morgan fingerprint density at radius 2 is 1.77 bits per heavy atom. The number of aliphatic hydroxyl groups is 1. The Kier molecular flexibility index (Phi) is 10.4. The Bertz CT molecular complexity index is 1490. The molecule has 4 aromatic rings. The van der Waals surface area contributed by atoms with Crippen molar-refractivity contribution in [2.45, 2.75) is 44.9 Å². The summed E-state index contributed by atoms with van der Waals surface area (Å²) in [6, 6.07) is 8.42. The highest BCUT2D eigenvalue weighted by molar-refractivity contribution is 9.10. The molecule has 0 amide bonds. The zero-order valence-electron chi connectivity index (χ0n) is 22.4. The molecule has 4 heterocycles. The zero-order valence-corrected chi connectivity index (χ0v) is 26.5. The van der Waals surface area contributed by atoms with Gasteiger partial charge in [-0.15, -0.1) is 0 Å². The normalized spacial score (nSPS) is 11.9. The van der Waals surface area contributed by atoms with Crippen LogP contribution in [-0.2, 0) is 32.0 Å². The smallest absolute Gasteiger partial charge is 0.162 e. The first-order valence-corrected chi connectivity index (χ1v) is 17.2. The fourth-order valence-corrected chi connectivity index (χ4v) is 4.87. The van der Waals surface area contributed by atoms with Gasteiger partial charge in [0.15, 0.2) is 5.69 Å². The number of rotatable bonds is 9. The first kappa shape index (κ1) is 30.5. The summed E-state index contributed by atoms with van der Waals surface area (Å²) in [5, 5.41) is 47.5. The molecule has 0 aliphatic rings. The maximum atomic E-state index is 10.5. The summed E-state index contributed by atoms with van der Waals surface area (Å²) < 4.78 is 12.1. The van der Waals surface area contributed by atoms with Crippen LogP contribution in [0.5, 0.6) is 0 Å². The van der Waals surface area contributed by atoms with E-state index < -0.39 is 14.2 Å². The number of hydrogen-bond acceptors (Lipinski definition) is 8. The van der Waals surface area contributed by atoms with Gasteiger partial charge >= 0.3 is 0 Å². The van der Waals surface area contributed by atoms with Crippen molar-refractivity contribution in [1.82, 2.24) is 39.5 Å². The molecule has 0 saturated heterocycles. The number of nitrogens with one attached hydrogen (secondary N) is 1. The van der Waals surface area contributed by atoms with Gasteiger partial charge < -0.3 is 9.84 Å². The number of aromatic amines is 1. The van der Waals surface area contributed by atoms with Gasteiger partial charge in [0.25, 0.3) is 0 Å². The Hall–Kier alpha value is -3.08. The van der Waals surface area contributed by atoms with Crippen molar-refractivity contribution in [3.05, 3.63) is 67.6 Å². The van der Waals surface area contributed by atoms with Crippen LogP contribution in [0.2, 0.25) is 25.7 Å². The number of ether oxygens (including phenoxy) is 1. The van der Waals surface area contributed by atoms with E-state index >= 15 is 0 Å². The summed E-state index contributed by atoms with van der Waals surface area (Å²) in [7, 11) is 2.48. The molecule has 206 valence electrons. The van der Waals surface area contributed by atoms with Gasteiger partial charge in [-0.05, 0) is 44.0 Å². The van der Waals surface area contributed by atoms with E-state index in [4.69, 9.17) is 10.00 Å². The van der Waals surface area contributed by atoms with E-state index in [1.54, 1.807) is 40.9 Å². The number of aryl methyl sites for hydroxylation is 2. The molecule has 15 heteroatoms. The van der Waals surface area contributed by atoms with Crippen LogP contribution in [0.25, 0.3) is 0 Å². The van der Waals surface area contributed by atoms with Gasteiger partial charge in [-0.2, -0.15) is 30.9 Å². The molecule has 0 radical (unpaired) electrons. The summed E-state index contributed by atoms with van der Waals surface area (Å²) in [5.41, 5.74) is 3.73. The molecule has 2 N–H and O–H groups in total. The molecule has 12 nitrogen and oxygen atoms in total. The lowest BCUT2D eigenvalue weighted by Crippen LogP contribution is -2.22. The van der Waals surface area contributed by atoms with E-state index in [-0.39, 0.29) is 6.73 Å². The largest absolute Gasteiger partial charge is 0.382 e. The summed E-state index contributed by atoms with van der Waals surface area (Å²) in [4.78, 5) is 0. The summed E-state index contributed by atoms with van der Waals surface area (Å²) in [6.45, 7) is 7.70. The zero-order chi connectivity index (χ0) is 28.7. The van der Waals surface area contributed by atoms with Crippen molar-refractivity contribution in [2.24, 2.45) is 14.1 Å². The molecular formula is C24H30Br2N10O2Si. The number of nitriles is 2. The standard InChI is InChI=1S/C15H22BrN5O2Si.C9H8BrN5/c1-20-15(16)12(9-18-20)14(22)13-7-11(8-17)21(19-13)10-23-5-6-24(2,3)4;1-15-9(10)6(5-12-15)2-7-3-8(4-11)14-13-7/h7,9,14,22H,5-6,10H2,1-4H3;3,5H,2H2,1H3,(H,13,14). The monoisotopic (exact) mass is 676 g/mol. The van der Waals surface area contributed by atoms with Crippen LogP contribution < -0.4 is 0 Å². The van der Waals surface area contributed by atoms with E-state index in [0.717, 1.165) is 21.9 Å². The molecule has 0 bridgehead atoms. The molecule has 4 rings (SSSR count). The minimum atomic E-state index is -1.15. The average molecular weight is 678 g/mol. The van der Waals surface area contributed by atoms with Crippen molar-refractivity contribution in [3.8, 4) is 12.1 Å². The van der Waals surface area contributed by atoms with E-state index in [0.29, 0.717) is 40.3 Å². The SMILES string of the molecule is Cn1ncc(C(O)c2cc(C#N)n(COCC[Si](C)(C)C)n2)c1Br.Cn1ncc(Cc2cc(C#N)n[nH]2)c1Br. The Labute approximate surface area is 244 Å². The Morgan fingerprint density at radius 3 is 2.31 bits per heavy atom. The molecule has 0 aromatic carbocycles. The fourth-order valence-electron chi connectivity index (χ4n) is 3.37. The molecule has 1 unspecified atom stereocenters. The first-order valence-electron chi connectivity index (χ1n) is 11.9. The number of aliphatic hydroxyl groups excluding tert-OH is 1. The van der Waals surface area contributed by atoms with Gasteiger partial charge in [-0.3, -0.25) is 14.5 Å². The second-order valence-electron chi connectivity index (χ2n) is 9.98. The van der Waals surface area contributed by atoms with Crippen LogP contribution >= 0.6 is 31.9 Å². The summed E-state index contributed by atoms with van der Waals surface area (Å²) in [5.74, 6) is 0. The van der Waals surface area contributed by atoms with Crippen LogP contribution in [0.15, 0.2) is 33.7 Å². The molecular weight excluding hydrogens is 648 g/mol. The molecule has 0 aliphatic heterocycles. The van der Waals surface area contributed by atoms with Crippen LogP contribution in [0.3, 0.4) is 0 Å². The number of hydrogen-bond donors (Lipinski definition) is 2. The minimum Gasteiger partial charge on any atom is -0.382 e. The molecule has 0 spiro atoms. The van der Waals surface area contributed by atoms with Crippen LogP contribution in [-0.4, -0.2) is 59.3 Å². The third-order valence-corrected chi connectivity index (χ3v) is 9.35. The van der Waals surface area contributed by atoms with E-state index in [1.165, 1.54) is 4.68 Å². The molecule has 39 heavy (non-hydrogen) atoms. The highest BCUT2D eigenvalue weighted by Crippen LogP contribution is 2.27. The Balaban J connectivity index is 0.000000239. The lowest BCUT2D eigenvalue weighted by atomic mass is 10.1. The van der Waals surface area contributed by atoms with Crippen LogP contribution in [0.4, 0.5) is 0 Å². The van der Waals surface area contributed by atoms with E-state index in [1.807, 2.05) is 13.1 Å². The van der Waals surface area contributed by atoms with Crippen molar-refractivity contribution in [1.29, 1.82) is 10.5 Å². The van der Waals surface area contributed by atoms with E-state index in [2.05, 4.69) is 83.1 Å². The lowest BCUT2D eigenvalue weighted by Gasteiger charge is -2.15. The average Bonchev–Trinajstić information content (AvgIpc) is 3.67. The fraction of sp³-hybridized carbons (Fsp3) is 0.417. The quantitative estimate of drug-likeness (QED) is 0.199. The lowest BCUT2D eigenvalue weighted by molar-refractivity contribution is 0.0768. The maximum absolute atomic E-state index is 10.5. The highest BCUT2D eigenvalue weighted by atomic mass is 79.9. The predicted octanol–water partition coefficient (Wildman–Crippen LogP) is 4.01. The molecule has 1 atom stereocenters. The Morgan fingerprint density at radius 1 is 1.08 bits per heavy atom. The molecule has 0 saturated carbocycles. The number of halogens is 2. The molecule has 0 aliphatic carbocycles. The molecule has 0 fully saturated rings.